The van der Waals surface area contributed by atoms with E-state index in [9.17, 15) is 8.78 Å². The molecule has 0 amide bonds. The third-order valence-corrected chi connectivity index (χ3v) is 4.21. The molecule has 0 saturated heterocycles. The van der Waals surface area contributed by atoms with E-state index in [1.165, 1.54) is 0 Å². The number of aryl methyl sites for hydroxylation is 1. The summed E-state index contributed by atoms with van der Waals surface area (Å²) in [7, 11) is 0. The average Bonchev–Trinajstić information content (AvgIpc) is 2.34. The Kier molecular flexibility index (Phi) is 4.00. The van der Waals surface area contributed by atoms with Gasteiger partial charge in [0.25, 0.3) is 0 Å². The Hall–Kier alpha value is -0.960. The van der Waals surface area contributed by atoms with E-state index in [0.717, 1.165) is 37.7 Å². The number of benzene rings is 1. The molecule has 0 heterocycles. The van der Waals surface area contributed by atoms with Crippen molar-refractivity contribution < 1.29 is 8.78 Å². The fourth-order valence-electron chi connectivity index (χ4n) is 2.83. The van der Waals surface area contributed by atoms with Crippen LogP contribution in [0.4, 0.5) is 8.78 Å². The van der Waals surface area contributed by atoms with Gasteiger partial charge in [0.15, 0.2) is 0 Å². The second-order valence-electron chi connectivity index (χ2n) is 5.67. The molecule has 0 aliphatic heterocycles. The summed E-state index contributed by atoms with van der Waals surface area (Å²) in [5, 5.41) is 0. The molecule has 0 aromatic heterocycles. The van der Waals surface area contributed by atoms with E-state index in [2.05, 4.69) is 6.92 Å². The van der Waals surface area contributed by atoms with Crippen LogP contribution in [-0.4, -0.2) is 0 Å². The molecule has 18 heavy (non-hydrogen) atoms. The van der Waals surface area contributed by atoms with Crippen molar-refractivity contribution in [3.8, 4) is 0 Å². The largest absolute Gasteiger partial charge is 0.324 e. The fraction of sp³-hybridized carbons (Fsp3) is 0.600. The molecule has 0 radical (unpaired) electrons. The lowest BCUT2D eigenvalue weighted by Crippen LogP contribution is -2.26. The first-order chi connectivity index (χ1) is 8.49. The van der Waals surface area contributed by atoms with Crippen LogP contribution >= 0.6 is 0 Å². The maximum atomic E-state index is 13.8. The third-order valence-electron chi connectivity index (χ3n) is 4.21. The minimum atomic E-state index is -0.510. The lowest BCUT2D eigenvalue weighted by molar-refractivity contribution is 0.253. The van der Waals surface area contributed by atoms with Crippen LogP contribution in [0, 0.1) is 30.4 Å². The molecule has 1 unspecified atom stereocenters. The van der Waals surface area contributed by atoms with Crippen LogP contribution in [0.5, 0.6) is 0 Å². The van der Waals surface area contributed by atoms with Gasteiger partial charge in [-0.05, 0) is 43.2 Å². The molecule has 0 spiro atoms. The highest BCUT2D eigenvalue weighted by Crippen LogP contribution is 2.36. The summed E-state index contributed by atoms with van der Waals surface area (Å²) in [6.07, 6.45) is 4.39. The summed E-state index contributed by atoms with van der Waals surface area (Å²) in [6.45, 7) is 3.89. The first-order valence-electron chi connectivity index (χ1n) is 6.70. The maximum Gasteiger partial charge on any atom is 0.130 e. The molecule has 1 aliphatic carbocycles. The van der Waals surface area contributed by atoms with Gasteiger partial charge in [-0.15, -0.1) is 0 Å². The highest BCUT2D eigenvalue weighted by Gasteiger charge is 2.26. The van der Waals surface area contributed by atoms with Gasteiger partial charge >= 0.3 is 0 Å². The van der Waals surface area contributed by atoms with Crippen LogP contribution in [0.2, 0.25) is 0 Å². The highest BCUT2D eigenvalue weighted by molar-refractivity contribution is 5.28. The Balaban J connectivity index is 2.18. The summed E-state index contributed by atoms with van der Waals surface area (Å²) in [5.41, 5.74) is 7.10. The van der Waals surface area contributed by atoms with Gasteiger partial charge in [0.2, 0.25) is 0 Å². The molecule has 2 N–H and O–H groups in total. The molecule has 2 rings (SSSR count). The fourth-order valence-corrected chi connectivity index (χ4v) is 2.83. The monoisotopic (exact) mass is 253 g/mol. The number of hydrogen-bond donors (Lipinski definition) is 1. The molecule has 100 valence electrons. The first-order valence-corrected chi connectivity index (χ1v) is 6.70. The van der Waals surface area contributed by atoms with Crippen molar-refractivity contribution in [3.63, 3.8) is 0 Å². The molecule has 3 heteroatoms. The molecule has 1 nitrogen and oxygen atoms in total. The molecule has 1 aromatic rings. The van der Waals surface area contributed by atoms with E-state index in [1.54, 1.807) is 13.0 Å². The Morgan fingerprint density at radius 1 is 1.11 bits per heavy atom. The van der Waals surface area contributed by atoms with Crippen LogP contribution in [0.3, 0.4) is 0 Å². The quantitative estimate of drug-likeness (QED) is 0.843. The standard InChI is InChI=1S/C15H21F2N/c1-9-3-5-11(6-4-9)15(18)12-7-10(2)13(16)8-14(12)17/h7-9,11,15H,3-6,18H2,1-2H3. The predicted octanol–water partition coefficient (Wildman–Crippen LogP) is 4.10. The van der Waals surface area contributed by atoms with Crippen LogP contribution in [0.25, 0.3) is 0 Å². The Bertz CT molecular complexity index is 423. The molecule has 1 saturated carbocycles. The van der Waals surface area contributed by atoms with Gasteiger partial charge in [0.05, 0.1) is 0 Å². The topological polar surface area (TPSA) is 26.0 Å². The van der Waals surface area contributed by atoms with Gasteiger partial charge in [-0.3, -0.25) is 0 Å². The molecule has 0 bridgehead atoms. The highest BCUT2D eigenvalue weighted by atomic mass is 19.1. The van der Waals surface area contributed by atoms with Crippen molar-refractivity contribution in [2.24, 2.45) is 17.6 Å². The van der Waals surface area contributed by atoms with Gasteiger partial charge in [0.1, 0.15) is 11.6 Å². The van der Waals surface area contributed by atoms with Crippen LogP contribution in [0.15, 0.2) is 12.1 Å². The van der Waals surface area contributed by atoms with Crippen molar-refractivity contribution in [1.29, 1.82) is 0 Å². The molecule has 1 fully saturated rings. The normalized spacial score (nSPS) is 26.1. The van der Waals surface area contributed by atoms with Crippen molar-refractivity contribution in [1.82, 2.24) is 0 Å². The maximum absolute atomic E-state index is 13.8. The van der Waals surface area contributed by atoms with E-state index in [-0.39, 0.29) is 6.04 Å². The summed E-state index contributed by atoms with van der Waals surface area (Å²) < 4.78 is 27.0. The average molecular weight is 253 g/mol. The number of hydrogen-bond acceptors (Lipinski definition) is 1. The third kappa shape index (κ3) is 2.72. The van der Waals surface area contributed by atoms with Crippen molar-refractivity contribution in [3.05, 3.63) is 34.9 Å². The molecule has 1 aliphatic rings. The van der Waals surface area contributed by atoms with E-state index < -0.39 is 11.6 Å². The van der Waals surface area contributed by atoms with Crippen LogP contribution in [-0.2, 0) is 0 Å². The zero-order valence-corrected chi connectivity index (χ0v) is 11.0. The summed E-state index contributed by atoms with van der Waals surface area (Å²) in [5.74, 6) is 0.0544. The van der Waals surface area contributed by atoms with Crippen LogP contribution in [0.1, 0.15) is 49.8 Å². The van der Waals surface area contributed by atoms with Gasteiger partial charge < -0.3 is 5.73 Å². The smallest absolute Gasteiger partial charge is 0.130 e. The first kappa shape index (κ1) is 13.5. The van der Waals surface area contributed by atoms with Gasteiger partial charge in [-0.25, -0.2) is 8.78 Å². The lowest BCUT2D eigenvalue weighted by atomic mass is 9.77. The Morgan fingerprint density at radius 2 is 1.72 bits per heavy atom. The molecular weight excluding hydrogens is 232 g/mol. The number of halogens is 2. The zero-order valence-electron chi connectivity index (χ0n) is 11.0. The second-order valence-corrected chi connectivity index (χ2v) is 5.67. The van der Waals surface area contributed by atoms with Crippen molar-refractivity contribution in [2.75, 3.05) is 0 Å². The van der Waals surface area contributed by atoms with Gasteiger partial charge in [-0.1, -0.05) is 19.8 Å². The number of rotatable bonds is 2. The minimum absolute atomic E-state index is 0.309. The van der Waals surface area contributed by atoms with E-state index in [0.29, 0.717) is 17.0 Å². The Labute approximate surface area is 107 Å². The van der Waals surface area contributed by atoms with E-state index in [1.807, 2.05) is 0 Å². The summed E-state index contributed by atoms with van der Waals surface area (Å²) in [4.78, 5) is 0. The lowest BCUT2D eigenvalue weighted by Gasteiger charge is -2.31. The summed E-state index contributed by atoms with van der Waals surface area (Å²) >= 11 is 0. The second kappa shape index (κ2) is 5.35. The SMILES string of the molecule is Cc1cc(C(N)C2CCC(C)CC2)c(F)cc1F. The minimum Gasteiger partial charge on any atom is -0.324 e. The zero-order chi connectivity index (χ0) is 13.3. The summed E-state index contributed by atoms with van der Waals surface area (Å²) in [6, 6.07) is 2.21. The van der Waals surface area contributed by atoms with Crippen molar-refractivity contribution in [2.45, 2.75) is 45.6 Å². The van der Waals surface area contributed by atoms with E-state index in [4.69, 9.17) is 5.73 Å². The van der Waals surface area contributed by atoms with Crippen molar-refractivity contribution >= 4 is 0 Å². The molecule has 1 atom stereocenters. The molecular formula is C15H21F2N. The Morgan fingerprint density at radius 3 is 2.33 bits per heavy atom. The van der Waals surface area contributed by atoms with Crippen LogP contribution < -0.4 is 5.73 Å². The molecule has 1 aromatic carbocycles. The van der Waals surface area contributed by atoms with Gasteiger partial charge in [-0.2, -0.15) is 0 Å². The van der Waals surface area contributed by atoms with E-state index >= 15 is 0 Å². The van der Waals surface area contributed by atoms with Gasteiger partial charge in [0, 0.05) is 17.7 Å². The number of nitrogens with two attached hydrogens (primary N) is 1. The predicted molar refractivity (Wildman–Crippen MR) is 69.1 cm³/mol.